The highest BCUT2D eigenvalue weighted by molar-refractivity contribution is 5.86. The molecule has 0 radical (unpaired) electrons. The van der Waals surface area contributed by atoms with Crippen LogP contribution in [0.15, 0.2) is 90.8 Å². The number of allylic oxidation sites excluding steroid dienone is 1. The first-order chi connectivity index (χ1) is 18.2. The van der Waals surface area contributed by atoms with Gasteiger partial charge in [-0.15, -0.1) is 0 Å². The van der Waals surface area contributed by atoms with Crippen molar-refractivity contribution in [1.82, 2.24) is 14.8 Å². The monoisotopic (exact) mass is 491 g/mol. The average molecular weight is 492 g/mol. The fourth-order valence-corrected chi connectivity index (χ4v) is 5.81. The van der Waals surface area contributed by atoms with Gasteiger partial charge in [-0.05, 0) is 41.5 Å². The van der Waals surface area contributed by atoms with E-state index < -0.39 is 5.60 Å². The van der Waals surface area contributed by atoms with Gasteiger partial charge in [0.2, 0.25) is 0 Å². The molecule has 4 aromatic rings. The lowest BCUT2D eigenvalue weighted by molar-refractivity contribution is 0.0785. The Morgan fingerprint density at radius 3 is 2.51 bits per heavy atom. The maximum atomic E-state index is 12.6. The van der Waals surface area contributed by atoms with Gasteiger partial charge in [-0.3, -0.25) is 9.67 Å². The lowest BCUT2D eigenvalue weighted by Crippen LogP contribution is -2.32. The van der Waals surface area contributed by atoms with Crippen LogP contribution in [-0.4, -0.2) is 19.9 Å². The Morgan fingerprint density at radius 1 is 0.946 bits per heavy atom. The second kappa shape index (κ2) is 11.3. The van der Waals surface area contributed by atoms with Gasteiger partial charge in [0.25, 0.3) is 0 Å². The zero-order valence-electron chi connectivity index (χ0n) is 22.0. The smallest absolute Gasteiger partial charge is 0.136 e. The molecule has 2 aliphatic carbocycles. The van der Waals surface area contributed by atoms with E-state index in [0.717, 1.165) is 33.9 Å². The van der Waals surface area contributed by atoms with Crippen LogP contribution in [0.2, 0.25) is 0 Å². The van der Waals surface area contributed by atoms with Gasteiger partial charge in [-0.1, -0.05) is 99.9 Å². The fraction of sp³-hybridized carbons (Fsp3) is 0.333. The van der Waals surface area contributed by atoms with Crippen LogP contribution < -0.4 is 0 Å². The molecule has 1 fully saturated rings. The van der Waals surface area contributed by atoms with Crippen LogP contribution in [0.3, 0.4) is 0 Å². The first-order valence-electron chi connectivity index (χ1n) is 13.8. The number of fused-ring (bicyclic) bond motifs is 2. The van der Waals surface area contributed by atoms with Gasteiger partial charge in [0, 0.05) is 35.7 Å². The molecule has 1 unspecified atom stereocenters. The van der Waals surface area contributed by atoms with Crippen LogP contribution in [0.25, 0.3) is 16.8 Å². The summed E-state index contributed by atoms with van der Waals surface area (Å²) in [4.78, 5) is 4.77. The number of pyridine rings is 1. The molecule has 2 aromatic heterocycles. The van der Waals surface area contributed by atoms with Crippen molar-refractivity contribution >= 4 is 16.8 Å². The highest BCUT2D eigenvalue weighted by Crippen LogP contribution is 2.40. The predicted octanol–water partition coefficient (Wildman–Crippen LogP) is 7.59. The first kappa shape index (κ1) is 25.2. The highest BCUT2D eigenvalue weighted by atomic mass is 16.3. The van der Waals surface area contributed by atoms with Crippen LogP contribution in [0, 0.1) is 0 Å². The van der Waals surface area contributed by atoms with Gasteiger partial charge in [0.1, 0.15) is 5.60 Å². The SMILES string of the molecule is CC.OC(Cc1ccccc1)(C1=Cc2cnn(C3CCCCC3)c2CC=C1)c1nccc2ccccc12. The third-order valence-electron chi connectivity index (χ3n) is 7.62. The minimum absolute atomic E-state index is 0.442. The maximum absolute atomic E-state index is 12.6. The zero-order valence-corrected chi connectivity index (χ0v) is 22.0. The van der Waals surface area contributed by atoms with E-state index >= 15 is 0 Å². The third-order valence-corrected chi connectivity index (χ3v) is 7.62. The van der Waals surface area contributed by atoms with E-state index in [4.69, 9.17) is 10.1 Å². The van der Waals surface area contributed by atoms with Gasteiger partial charge < -0.3 is 5.11 Å². The van der Waals surface area contributed by atoms with Crippen molar-refractivity contribution in [2.24, 2.45) is 0 Å². The fourth-order valence-electron chi connectivity index (χ4n) is 5.81. The molecule has 4 heteroatoms. The van der Waals surface area contributed by atoms with Crippen molar-refractivity contribution in [3.63, 3.8) is 0 Å². The standard InChI is InChI=1S/C31H31N3O.C2H6/c35-31(21-23-10-3-1-4-11-23,30-28-16-8-7-12-24(28)18-19-32-30)26-13-9-17-29-25(20-26)22-33-34(29)27-14-5-2-6-15-27;1-2/h1,3-4,7-13,16,18-20,22,27,35H,2,5-6,14-15,17,21H2;1-2H3. The summed E-state index contributed by atoms with van der Waals surface area (Å²) in [6, 6.07) is 20.9. The molecule has 0 aliphatic heterocycles. The Labute approximate surface area is 220 Å². The van der Waals surface area contributed by atoms with E-state index in [-0.39, 0.29) is 0 Å². The predicted molar refractivity (Wildman–Crippen MR) is 152 cm³/mol. The lowest BCUT2D eigenvalue weighted by Gasteiger charge is -2.30. The molecule has 1 N–H and O–H groups in total. The first-order valence-corrected chi connectivity index (χ1v) is 13.8. The van der Waals surface area contributed by atoms with Crippen molar-refractivity contribution in [1.29, 1.82) is 0 Å². The molecule has 0 spiro atoms. The minimum Gasteiger partial charge on any atom is -0.378 e. The molecule has 0 saturated heterocycles. The Hall–Kier alpha value is -3.50. The number of benzene rings is 2. The summed E-state index contributed by atoms with van der Waals surface area (Å²) in [6.07, 6.45) is 17.7. The number of hydrogen-bond donors (Lipinski definition) is 1. The largest absolute Gasteiger partial charge is 0.378 e. The molecular formula is C33H37N3O. The van der Waals surface area contributed by atoms with Crippen LogP contribution in [-0.2, 0) is 18.4 Å². The van der Waals surface area contributed by atoms with Crippen molar-refractivity contribution < 1.29 is 5.11 Å². The Kier molecular flexibility index (Phi) is 7.66. The molecule has 2 heterocycles. The van der Waals surface area contributed by atoms with E-state index in [1.165, 1.54) is 37.8 Å². The number of aromatic nitrogens is 3. The van der Waals surface area contributed by atoms with E-state index in [0.29, 0.717) is 18.2 Å². The zero-order chi connectivity index (χ0) is 25.7. The molecule has 1 atom stereocenters. The second-order valence-electron chi connectivity index (χ2n) is 9.89. The Balaban J connectivity index is 0.00000137. The summed E-state index contributed by atoms with van der Waals surface area (Å²) < 4.78 is 2.25. The van der Waals surface area contributed by atoms with Gasteiger partial charge in [-0.25, -0.2) is 0 Å². The molecule has 1 saturated carbocycles. The molecule has 0 bridgehead atoms. The second-order valence-corrected chi connectivity index (χ2v) is 9.89. The van der Waals surface area contributed by atoms with Crippen molar-refractivity contribution in [2.75, 3.05) is 0 Å². The summed E-state index contributed by atoms with van der Waals surface area (Å²) >= 11 is 0. The number of rotatable bonds is 5. The van der Waals surface area contributed by atoms with E-state index in [1.807, 2.05) is 56.4 Å². The van der Waals surface area contributed by atoms with E-state index in [1.54, 1.807) is 6.20 Å². The molecule has 37 heavy (non-hydrogen) atoms. The minimum atomic E-state index is -1.28. The third kappa shape index (κ3) is 5.03. The van der Waals surface area contributed by atoms with Crippen LogP contribution in [0.1, 0.15) is 74.5 Å². The molecular weight excluding hydrogens is 454 g/mol. The molecule has 2 aliphatic rings. The summed E-state index contributed by atoms with van der Waals surface area (Å²) in [6.45, 7) is 4.00. The summed E-state index contributed by atoms with van der Waals surface area (Å²) in [5, 5.41) is 19.4. The van der Waals surface area contributed by atoms with Crippen LogP contribution in [0.5, 0.6) is 0 Å². The number of aliphatic hydroxyl groups is 1. The average Bonchev–Trinajstić information content (AvgIpc) is 3.23. The van der Waals surface area contributed by atoms with Gasteiger partial charge >= 0.3 is 0 Å². The van der Waals surface area contributed by atoms with Gasteiger partial charge in [0.05, 0.1) is 17.9 Å². The van der Waals surface area contributed by atoms with Crippen LogP contribution >= 0.6 is 0 Å². The van der Waals surface area contributed by atoms with Crippen molar-refractivity contribution in [3.05, 3.63) is 113 Å². The topological polar surface area (TPSA) is 50.9 Å². The number of hydrogen-bond acceptors (Lipinski definition) is 3. The maximum Gasteiger partial charge on any atom is 0.136 e. The van der Waals surface area contributed by atoms with E-state index in [9.17, 15) is 5.11 Å². The molecule has 190 valence electrons. The molecule has 2 aromatic carbocycles. The van der Waals surface area contributed by atoms with Crippen molar-refractivity contribution in [3.8, 4) is 0 Å². The molecule has 0 amide bonds. The van der Waals surface area contributed by atoms with Crippen molar-refractivity contribution in [2.45, 2.75) is 70.4 Å². The van der Waals surface area contributed by atoms with Crippen LogP contribution in [0.4, 0.5) is 0 Å². The van der Waals surface area contributed by atoms with E-state index in [2.05, 4.69) is 47.2 Å². The van der Waals surface area contributed by atoms with Gasteiger partial charge in [-0.2, -0.15) is 5.10 Å². The van der Waals surface area contributed by atoms with Gasteiger partial charge in [0.15, 0.2) is 0 Å². The summed E-state index contributed by atoms with van der Waals surface area (Å²) in [5.41, 5.74) is 3.68. The summed E-state index contributed by atoms with van der Waals surface area (Å²) in [5.74, 6) is 0. The molecule has 6 rings (SSSR count). The Bertz CT molecular complexity index is 1390. The highest BCUT2D eigenvalue weighted by Gasteiger charge is 2.37. The summed E-state index contributed by atoms with van der Waals surface area (Å²) in [7, 11) is 0. The number of nitrogens with zero attached hydrogens (tertiary/aromatic N) is 3. The quantitative estimate of drug-likeness (QED) is 0.313. The lowest BCUT2D eigenvalue weighted by atomic mass is 9.81. The Morgan fingerprint density at radius 2 is 1.70 bits per heavy atom. The normalized spacial score (nSPS) is 17.2. The molecule has 4 nitrogen and oxygen atoms in total.